The average Bonchev–Trinajstić information content (AvgIpc) is 2.78. The zero-order chi connectivity index (χ0) is 21.3. The van der Waals surface area contributed by atoms with E-state index in [2.05, 4.69) is 12.2 Å². The van der Waals surface area contributed by atoms with Crippen molar-refractivity contribution in [2.24, 2.45) is 0 Å². The second kappa shape index (κ2) is 8.38. The molecule has 2 heterocycles. The third-order valence-corrected chi connectivity index (χ3v) is 6.14. The Morgan fingerprint density at radius 2 is 1.87 bits per heavy atom. The number of nitrogens with one attached hydrogen (secondary N) is 1. The van der Waals surface area contributed by atoms with Crippen LogP contribution >= 0.6 is 0 Å². The number of carbonyl (C=O) groups excluding carboxylic acids is 2. The summed E-state index contributed by atoms with van der Waals surface area (Å²) in [4.78, 5) is 28.5. The van der Waals surface area contributed by atoms with Crippen molar-refractivity contribution in [1.82, 2.24) is 10.2 Å². The standard InChI is InChI=1S/C24H28N2O4/c1-4-5-11-25-23(27)21-16-8-6-7-9-17(16)24(28)26-12-10-15-13-19(29-2)20(30-3)14-18(15)22(21)26/h6-9,13-14,21-22H,4-5,10-12H2,1-3H3,(H,25,27)/t21-,22+/m0/s1. The van der Waals surface area contributed by atoms with E-state index in [1.807, 2.05) is 41.3 Å². The van der Waals surface area contributed by atoms with Crippen molar-refractivity contribution < 1.29 is 19.1 Å². The van der Waals surface area contributed by atoms with Crippen molar-refractivity contribution in [2.45, 2.75) is 38.1 Å². The summed E-state index contributed by atoms with van der Waals surface area (Å²) in [6.45, 7) is 3.30. The quantitative estimate of drug-likeness (QED) is 0.744. The first-order valence-corrected chi connectivity index (χ1v) is 10.5. The second-order valence-corrected chi connectivity index (χ2v) is 7.81. The molecule has 2 aromatic carbocycles. The predicted octanol–water partition coefficient (Wildman–Crippen LogP) is 3.46. The predicted molar refractivity (Wildman–Crippen MR) is 114 cm³/mol. The van der Waals surface area contributed by atoms with Gasteiger partial charge in [-0.1, -0.05) is 31.5 Å². The second-order valence-electron chi connectivity index (χ2n) is 7.81. The molecule has 2 aromatic rings. The van der Waals surface area contributed by atoms with E-state index in [1.165, 1.54) is 0 Å². The highest BCUT2D eigenvalue weighted by Crippen LogP contribution is 2.48. The molecule has 0 saturated heterocycles. The molecule has 0 aromatic heterocycles. The van der Waals surface area contributed by atoms with Gasteiger partial charge in [0.25, 0.3) is 5.91 Å². The molecule has 6 nitrogen and oxygen atoms in total. The Kier molecular flexibility index (Phi) is 5.66. The molecule has 2 atom stereocenters. The van der Waals surface area contributed by atoms with Crippen LogP contribution in [0.5, 0.6) is 11.5 Å². The Morgan fingerprint density at radius 1 is 1.13 bits per heavy atom. The number of hydrogen-bond donors (Lipinski definition) is 1. The van der Waals surface area contributed by atoms with Gasteiger partial charge in [-0.05, 0) is 47.7 Å². The number of unbranched alkanes of at least 4 members (excludes halogenated alkanes) is 1. The number of amides is 2. The zero-order valence-electron chi connectivity index (χ0n) is 17.7. The molecule has 4 rings (SSSR count). The Bertz CT molecular complexity index is 972. The smallest absolute Gasteiger partial charge is 0.254 e. The number of methoxy groups -OCH3 is 2. The summed E-state index contributed by atoms with van der Waals surface area (Å²) in [5.74, 6) is 0.744. The SMILES string of the molecule is CCCCNC(=O)[C@H]1c2ccccc2C(=O)N2CCc3cc(OC)c(OC)cc3[C@H]12. The monoisotopic (exact) mass is 408 g/mol. The minimum absolute atomic E-state index is 0.0198. The summed E-state index contributed by atoms with van der Waals surface area (Å²) in [7, 11) is 3.21. The van der Waals surface area contributed by atoms with Crippen LogP contribution in [0.3, 0.4) is 0 Å². The van der Waals surface area contributed by atoms with E-state index in [0.717, 1.165) is 29.5 Å². The van der Waals surface area contributed by atoms with Crippen LogP contribution < -0.4 is 14.8 Å². The van der Waals surface area contributed by atoms with Crippen molar-refractivity contribution in [3.05, 3.63) is 58.7 Å². The average molecular weight is 408 g/mol. The fourth-order valence-electron chi connectivity index (χ4n) is 4.63. The van der Waals surface area contributed by atoms with Gasteiger partial charge in [-0.15, -0.1) is 0 Å². The molecule has 1 N–H and O–H groups in total. The number of nitrogens with zero attached hydrogens (tertiary/aromatic N) is 1. The summed E-state index contributed by atoms with van der Waals surface area (Å²) in [5.41, 5.74) is 3.46. The van der Waals surface area contributed by atoms with E-state index in [9.17, 15) is 9.59 Å². The van der Waals surface area contributed by atoms with E-state index in [-0.39, 0.29) is 17.9 Å². The first kappa shape index (κ1) is 20.3. The molecule has 0 aliphatic carbocycles. The zero-order valence-corrected chi connectivity index (χ0v) is 17.7. The van der Waals surface area contributed by atoms with E-state index < -0.39 is 5.92 Å². The highest BCUT2D eigenvalue weighted by atomic mass is 16.5. The molecule has 0 fully saturated rings. The highest BCUT2D eigenvalue weighted by Gasteiger charge is 2.46. The minimum atomic E-state index is -0.465. The largest absolute Gasteiger partial charge is 0.493 e. The summed E-state index contributed by atoms with van der Waals surface area (Å²) < 4.78 is 11.0. The first-order chi connectivity index (χ1) is 14.6. The summed E-state index contributed by atoms with van der Waals surface area (Å²) in [6, 6.07) is 11.0. The molecule has 0 unspecified atom stereocenters. The van der Waals surface area contributed by atoms with Gasteiger partial charge in [0.1, 0.15) is 0 Å². The fourth-order valence-corrected chi connectivity index (χ4v) is 4.63. The lowest BCUT2D eigenvalue weighted by atomic mass is 9.75. The number of ether oxygens (including phenoxy) is 2. The number of carbonyl (C=O) groups is 2. The van der Waals surface area contributed by atoms with Gasteiger partial charge in [0.15, 0.2) is 11.5 Å². The summed E-state index contributed by atoms with van der Waals surface area (Å²) in [6.07, 6.45) is 2.65. The topological polar surface area (TPSA) is 67.9 Å². The molecular weight excluding hydrogens is 380 g/mol. The van der Waals surface area contributed by atoms with Crippen LogP contribution in [0.15, 0.2) is 36.4 Å². The molecule has 158 valence electrons. The van der Waals surface area contributed by atoms with E-state index in [1.54, 1.807) is 14.2 Å². The van der Waals surface area contributed by atoms with Gasteiger partial charge in [-0.3, -0.25) is 9.59 Å². The molecule has 2 amide bonds. The van der Waals surface area contributed by atoms with Crippen LogP contribution in [0, 0.1) is 0 Å². The van der Waals surface area contributed by atoms with Crippen molar-refractivity contribution in [3.8, 4) is 11.5 Å². The van der Waals surface area contributed by atoms with Crippen molar-refractivity contribution >= 4 is 11.8 Å². The number of benzene rings is 2. The van der Waals surface area contributed by atoms with E-state index >= 15 is 0 Å². The van der Waals surface area contributed by atoms with Gasteiger partial charge in [0.2, 0.25) is 5.91 Å². The Hall–Kier alpha value is -3.02. The number of hydrogen-bond acceptors (Lipinski definition) is 4. The maximum Gasteiger partial charge on any atom is 0.254 e. The maximum absolute atomic E-state index is 13.4. The molecular formula is C24H28N2O4. The number of fused-ring (bicyclic) bond motifs is 4. The lowest BCUT2D eigenvalue weighted by molar-refractivity contribution is -0.124. The van der Waals surface area contributed by atoms with Crippen LogP contribution in [0.4, 0.5) is 0 Å². The Balaban J connectivity index is 1.85. The normalized spacial score (nSPS) is 19.4. The molecule has 0 radical (unpaired) electrons. The summed E-state index contributed by atoms with van der Waals surface area (Å²) in [5, 5.41) is 3.09. The molecule has 0 bridgehead atoms. The van der Waals surface area contributed by atoms with Crippen molar-refractivity contribution in [1.29, 1.82) is 0 Å². The molecule has 2 aliphatic rings. The molecule has 2 aliphatic heterocycles. The van der Waals surface area contributed by atoms with Crippen LogP contribution in [0.2, 0.25) is 0 Å². The molecule has 30 heavy (non-hydrogen) atoms. The molecule has 0 spiro atoms. The van der Waals surface area contributed by atoms with Crippen molar-refractivity contribution in [3.63, 3.8) is 0 Å². The number of rotatable bonds is 6. The minimum Gasteiger partial charge on any atom is -0.493 e. The molecule has 6 heteroatoms. The maximum atomic E-state index is 13.4. The molecule has 0 saturated carbocycles. The van der Waals surface area contributed by atoms with Gasteiger partial charge in [0.05, 0.1) is 26.2 Å². The van der Waals surface area contributed by atoms with Crippen LogP contribution in [-0.2, 0) is 11.2 Å². The van der Waals surface area contributed by atoms with Gasteiger partial charge < -0.3 is 19.7 Å². The lowest BCUT2D eigenvalue weighted by Crippen LogP contribution is -2.50. The van der Waals surface area contributed by atoms with Crippen LogP contribution in [-0.4, -0.2) is 44.0 Å². The first-order valence-electron chi connectivity index (χ1n) is 10.5. The van der Waals surface area contributed by atoms with Crippen LogP contribution in [0.25, 0.3) is 0 Å². The highest BCUT2D eigenvalue weighted by molar-refractivity contribution is 6.01. The Morgan fingerprint density at radius 3 is 2.60 bits per heavy atom. The van der Waals surface area contributed by atoms with Crippen molar-refractivity contribution in [2.75, 3.05) is 27.3 Å². The van der Waals surface area contributed by atoms with Crippen LogP contribution in [0.1, 0.15) is 58.8 Å². The van der Waals surface area contributed by atoms with E-state index in [4.69, 9.17) is 9.47 Å². The Labute approximate surface area is 177 Å². The third kappa shape index (κ3) is 3.30. The van der Waals surface area contributed by atoms with E-state index in [0.29, 0.717) is 36.6 Å². The fraction of sp³-hybridized carbons (Fsp3) is 0.417. The van der Waals surface area contributed by atoms with Gasteiger partial charge >= 0.3 is 0 Å². The van der Waals surface area contributed by atoms with Gasteiger partial charge in [-0.25, -0.2) is 0 Å². The third-order valence-electron chi connectivity index (χ3n) is 6.14. The van der Waals surface area contributed by atoms with Gasteiger partial charge in [0, 0.05) is 18.7 Å². The van der Waals surface area contributed by atoms with Gasteiger partial charge in [-0.2, -0.15) is 0 Å². The lowest BCUT2D eigenvalue weighted by Gasteiger charge is -2.45. The summed E-state index contributed by atoms with van der Waals surface area (Å²) >= 11 is 0.